The van der Waals surface area contributed by atoms with Gasteiger partial charge in [-0.15, -0.1) is 12.4 Å². The summed E-state index contributed by atoms with van der Waals surface area (Å²) in [6.45, 7) is 1.80. The average Bonchev–Trinajstić information content (AvgIpc) is 2.33. The van der Waals surface area contributed by atoms with Crippen LogP contribution in [0.5, 0.6) is 0 Å². The molecule has 0 amide bonds. The Bertz CT molecular complexity index is 274. The zero-order chi connectivity index (χ0) is 8.43. The minimum Gasteiger partial charge on any atom is -0.324 e. The molecule has 68 valence electrons. The Hall–Kier alpha value is -0.650. The van der Waals surface area contributed by atoms with Gasteiger partial charge in [0.05, 0.1) is 4.92 Å². The van der Waals surface area contributed by atoms with Gasteiger partial charge in [0.15, 0.2) is 0 Å². The van der Waals surface area contributed by atoms with Gasteiger partial charge < -0.3 is 5.73 Å². The Morgan fingerprint density at radius 2 is 2.25 bits per heavy atom. The fraction of sp³-hybridized carbons (Fsp3) is 0.333. The Kier molecular flexibility index (Phi) is 4.16. The molecule has 0 saturated heterocycles. The predicted molar refractivity (Wildman–Crippen MR) is 50.8 cm³/mol. The third-order valence-corrected chi connectivity index (χ3v) is 2.48. The predicted octanol–water partition coefficient (Wildman–Crippen LogP) is 2.10. The summed E-state index contributed by atoms with van der Waals surface area (Å²) >= 11 is 1.12. The van der Waals surface area contributed by atoms with E-state index in [-0.39, 0.29) is 23.4 Å². The highest BCUT2D eigenvalue weighted by Crippen LogP contribution is 2.27. The van der Waals surface area contributed by atoms with Crippen molar-refractivity contribution in [2.45, 2.75) is 13.0 Å². The van der Waals surface area contributed by atoms with E-state index in [9.17, 15) is 10.1 Å². The van der Waals surface area contributed by atoms with Crippen molar-refractivity contribution < 1.29 is 4.92 Å². The molecule has 12 heavy (non-hydrogen) atoms. The fourth-order valence-corrected chi connectivity index (χ4v) is 1.46. The number of thiophene rings is 1. The number of rotatable bonds is 2. The number of nitro groups is 1. The summed E-state index contributed by atoms with van der Waals surface area (Å²) in [6, 6.07) is 3.05. The van der Waals surface area contributed by atoms with E-state index in [2.05, 4.69) is 0 Å². The highest BCUT2D eigenvalue weighted by atomic mass is 35.5. The van der Waals surface area contributed by atoms with Crippen LogP contribution in [0.15, 0.2) is 12.1 Å². The van der Waals surface area contributed by atoms with Gasteiger partial charge in [-0.05, 0) is 13.0 Å². The molecule has 1 rings (SSSR count). The van der Waals surface area contributed by atoms with Crippen LogP contribution in [-0.4, -0.2) is 4.92 Å². The molecule has 4 nitrogen and oxygen atoms in total. The highest BCUT2D eigenvalue weighted by molar-refractivity contribution is 7.15. The Balaban J connectivity index is 0.00000121. The summed E-state index contributed by atoms with van der Waals surface area (Å²) in [6.07, 6.45) is 0. The molecule has 0 aliphatic carbocycles. The zero-order valence-electron chi connectivity index (χ0n) is 6.39. The van der Waals surface area contributed by atoms with Crippen LogP contribution in [0, 0.1) is 10.1 Å². The van der Waals surface area contributed by atoms with Gasteiger partial charge in [0.1, 0.15) is 0 Å². The second-order valence-corrected chi connectivity index (χ2v) is 3.32. The van der Waals surface area contributed by atoms with Crippen molar-refractivity contribution in [3.63, 3.8) is 0 Å². The molecule has 0 saturated carbocycles. The Morgan fingerprint density at radius 3 is 2.50 bits per heavy atom. The molecule has 1 atom stereocenters. The molecule has 1 aromatic heterocycles. The Labute approximate surface area is 79.9 Å². The van der Waals surface area contributed by atoms with Crippen LogP contribution in [0.1, 0.15) is 17.8 Å². The van der Waals surface area contributed by atoms with Crippen LogP contribution in [0.3, 0.4) is 0 Å². The minimum absolute atomic E-state index is 0. The first-order valence-electron chi connectivity index (χ1n) is 3.11. The molecule has 0 unspecified atom stereocenters. The number of nitrogens with zero attached hydrogens (tertiary/aromatic N) is 1. The lowest BCUT2D eigenvalue weighted by molar-refractivity contribution is -0.380. The molecule has 0 fully saturated rings. The lowest BCUT2D eigenvalue weighted by Crippen LogP contribution is -2.01. The molecule has 1 heterocycles. The van der Waals surface area contributed by atoms with Crippen molar-refractivity contribution in [2.24, 2.45) is 5.73 Å². The summed E-state index contributed by atoms with van der Waals surface area (Å²) in [5.41, 5.74) is 5.52. The van der Waals surface area contributed by atoms with Gasteiger partial charge in [0, 0.05) is 17.0 Å². The number of hydrogen-bond donors (Lipinski definition) is 1. The molecule has 1 aromatic rings. The number of halogens is 1. The summed E-state index contributed by atoms with van der Waals surface area (Å²) in [5, 5.41) is 10.4. The van der Waals surface area contributed by atoms with Crippen LogP contribution in [0.4, 0.5) is 5.00 Å². The first-order chi connectivity index (χ1) is 5.11. The SMILES string of the molecule is C[C@H](N)c1ccc([N+](=O)[O-])s1.Cl. The lowest BCUT2D eigenvalue weighted by atomic mass is 10.3. The largest absolute Gasteiger partial charge is 0.324 e. The third-order valence-electron chi connectivity index (χ3n) is 1.24. The normalized spacial score (nSPS) is 11.8. The van der Waals surface area contributed by atoms with Gasteiger partial charge in [-0.3, -0.25) is 10.1 Å². The Morgan fingerprint density at radius 1 is 1.67 bits per heavy atom. The van der Waals surface area contributed by atoms with Gasteiger partial charge in [0.25, 0.3) is 0 Å². The van der Waals surface area contributed by atoms with Crippen molar-refractivity contribution in [3.05, 3.63) is 27.1 Å². The highest BCUT2D eigenvalue weighted by Gasteiger charge is 2.11. The van der Waals surface area contributed by atoms with Crippen molar-refractivity contribution >= 4 is 28.7 Å². The van der Waals surface area contributed by atoms with Crippen molar-refractivity contribution in [1.29, 1.82) is 0 Å². The standard InChI is InChI=1S/C6H8N2O2S.ClH/c1-4(7)5-2-3-6(11-5)8(9)10;/h2-4H,7H2,1H3;1H/t4-;/m0./s1. The fourth-order valence-electron chi connectivity index (χ4n) is 0.685. The molecule has 0 aromatic carbocycles. The van der Waals surface area contributed by atoms with Crippen LogP contribution in [0.2, 0.25) is 0 Å². The molecular weight excluding hydrogens is 200 g/mol. The second-order valence-electron chi connectivity index (χ2n) is 2.22. The summed E-state index contributed by atoms with van der Waals surface area (Å²) < 4.78 is 0. The van der Waals surface area contributed by atoms with Crippen molar-refractivity contribution in [2.75, 3.05) is 0 Å². The van der Waals surface area contributed by atoms with E-state index in [1.54, 1.807) is 13.0 Å². The van der Waals surface area contributed by atoms with Gasteiger partial charge in [-0.25, -0.2) is 0 Å². The zero-order valence-corrected chi connectivity index (χ0v) is 8.02. The maximum atomic E-state index is 10.2. The molecule has 0 aliphatic heterocycles. The van der Waals surface area contributed by atoms with Gasteiger partial charge in [-0.2, -0.15) is 0 Å². The molecular formula is C6H9ClN2O2S. The lowest BCUT2D eigenvalue weighted by Gasteiger charge is -1.96. The molecule has 0 spiro atoms. The van der Waals surface area contributed by atoms with Crippen LogP contribution < -0.4 is 5.73 Å². The maximum Gasteiger partial charge on any atom is 0.324 e. The molecule has 6 heteroatoms. The third kappa shape index (κ3) is 2.44. The topological polar surface area (TPSA) is 69.2 Å². The van der Waals surface area contributed by atoms with Crippen molar-refractivity contribution in [1.82, 2.24) is 0 Å². The van der Waals surface area contributed by atoms with E-state index in [0.717, 1.165) is 16.2 Å². The molecule has 0 radical (unpaired) electrons. The molecule has 0 bridgehead atoms. The monoisotopic (exact) mass is 208 g/mol. The molecule has 2 N–H and O–H groups in total. The van der Waals surface area contributed by atoms with E-state index in [1.165, 1.54) is 6.07 Å². The first kappa shape index (κ1) is 11.4. The summed E-state index contributed by atoms with van der Waals surface area (Å²) in [7, 11) is 0. The summed E-state index contributed by atoms with van der Waals surface area (Å²) in [4.78, 5) is 10.6. The molecule has 0 aliphatic rings. The quantitative estimate of drug-likeness (QED) is 0.598. The van der Waals surface area contributed by atoms with Gasteiger partial charge in [-0.1, -0.05) is 11.3 Å². The first-order valence-corrected chi connectivity index (χ1v) is 3.92. The summed E-state index contributed by atoms with van der Waals surface area (Å²) in [5.74, 6) is 0. The van der Waals surface area contributed by atoms with Crippen LogP contribution >= 0.6 is 23.7 Å². The van der Waals surface area contributed by atoms with E-state index < -0.39 is 4.92 Å². The van der Waals surface area contributed by atoms with Gasteiger partial charge >= 0.3 is 5.00 Å². The smallest absolute Gasteiger partial charge is 0.324 e. The van der Waals surface area contributed by atoms with E-state index in [0.29, 0.717) is 0 Å². The van der Waals surface area contributed by atoms with E-state index in [4.69, 9.17) is 5.73 Å². The van der Waals surface area contributed by atoms with E-state index >= 15 is 0 Å². The number of hydrogen-bond acceptors (Lipinski definition) is 4. The second kappa shape index (κ2) is 4.39. The minimum atomic E-state index is -0.406. The average molecular weight is 209 g/mol. The van der Waals surface area contributed by atoms with E-state index in [1.807, 2.05) is 0 Å². The van der Waals surface area contributed by atoms with Crippen molar-refractivity contribution in [3.8, 4) is 0 Å². The van der Waals surface area contributed by atoms with Crippen LogP contribution in [0.25, 0.3) is 0 Å². The maximum absolute atomic E-state index is 10.2. The van der Waals surface area contributed by atoms with Gasteiger partial charge in [0.2, 0.25) is 0 Å². The van der Waals surface area contributed by atoms with Crippen LogP contribution in [-0.2, 0) is 0 Å². The number of nitrogens with two attached hydrogens (primary N) is 1.